The first kappa shape index (κ1) is 8.54. The number of alkyl halides is 1. The van der Waals surface area contributed by atoms with Gasteiger partial charge in [0.15, 0.2) is 0 Å². The molecule has 1 aliphatic heterocycles. The summed E-state index contributed by atoms with van der Waals surface area (Å²) in [5, 5.41) is 0. The van der Waals surface area contributed by atoms with Crippen LogP contribution in [0.4, 0.5) is 4.39 Å². The fraction of sp³-hybridized carbons (Fsp3) is 0.455. The molecule has 1 aromatic rings. The van der Waals surface area contributed by atoms with Crippen LogP contribution in [0.25, 0.3) is 0 Å². The fourth-order valence-corrected chi connectivity index (χ4v) is 1.78. The zero-order valence-corrected chi connectivity index (χ0v) is 7.93. The molecule has 0 radical (unpaired) electrons. The van der Waals surface area contributed by atoms with Gasteiger partial charge in [0.1, 0.15) is 18.0 Å². The van der Waals surface area contributed by atoms with E-state index in [-0.39, 0.29) is 5.60 Å². The smallest absolute Gasteiger partial charge is 0.129 e. The van der Waals surface area contributed by atoms with Gasteiger partial charge in [-0.15, -0.1) is 0 Å². The maximum atomic E-state index is 12.6. The van der Waals surface area contributed by atoms with Gasteiger partial charge in [0, 0.05) is 12.0 Å². The van der Waals surface area contributed by atoms with Gasteiger partial charge in [0.2, 0.25) is 0 Å². The quantitative estimate of drug-likeness (QED) is 0.645. The zero-order chi connectivity index (χ0) is 9.47. The highest BCUT2D eigenvalue weighted by molar-refractivity contribution is 5.45. The summed E-state index contributed by atoms with van der Waals surface area (Å²) < 4.78 is 18.2. The van der Waals surface area contributed by atoms with E-state index < -0.39 is 6.67 Å². The topological polar surface area (TPSA) is 9.23 Å². The second-order valence-corrected chi connectivity index (χ2v) is 4.08. The van der Waals surface area contributed by atoms with Crippen molar-refractivity contribution in [1.29, 1.82) is 0 Å². The Morgan fingerprint density at radius 1 is 1.46 bits per heavy atom. The van der Waals surface area contributed by atoms with Gasteiger partial charge in [-0.25, -0.2) is 4.39 Å². The predicted octanol–water partition coefficient (Wildman–Crippen LogP) is 2.87. The SMILES string of the molecule is CC1(C)Cc2cccc(CF)c2O1. The van der Waals surface area contributed by atoms with Crippen LogP contribution in [0.5, 0.6) is 5.75 Å². The molecule has 0 amide bonds. The number of hydrogen-bond acceptors (Lipinski definition) is 1. The van der Waals surface area contributed by atoms with Gasteiger partial charge in [-0.3, -0.25) is 0 Å². The van der Waals surface area contributed by atoms with Crippen LogP contribution in [0, 0.1) is 0 Å². The Bertz CT molecular complexity index is 331. The van der Waals surface area contributed by atoms with Crippen molar-refractivity contribution < 1.29 is 9.13 Å². The van der Waals surface area contributed by atoms with Gasteiger partial charge < -0.3 is 4.74 Å². The number of para-hydroxylation sites is 1. The van der Waals surface area contributed by atoms with E-state index in [9.17, 15) is 4.39 Å². The maximum Gasteiger partial charge on any atom is 0.129 e. The Kier molecular flexibility index (Phi) is 1.79. The van der Waals surface area contributed by atoms with Crippen LogP contribution < -0.4 is 4.74 Å². The third kappa shape index (κ3) is 1.41. The summed E-state index contributed by atoms with van der Waals surface area (Å²) >= 11 is 0. The van der Waals surface area contributed by atoms with Gasteiger partial charge >= 0.3 is 0 Å². The van der Waals surface area contributed by atoms with E-state index in [4.69, 9.17) is 4.74 Å². The van der Waals surface area contributed by atoms with Crippen molar-refractivity contribution in [2.75, 3.05) is 0 Å². The third-order valence-corrected chi connectivity index (χ3v) is 2.32. The van der Waals surface area contributed by atoms with Crippen LogP contribution in [-0.2, 0) is 13.1 Å². The Morgan fingerprint density at radius 2 is 2.23 bits per heavy atom. The van der Waals surface area contributed by atoms with E-state index in [0.29, 0.717) is 5.56 Å². The summed E-state index contributed by atoms with van der Waals surface area (Å²) in [6, 6.07) is 5.67. The van der Waals surface area contributed by atoms with E-state index in [2.05, 4.69) is 0 Å². The molecular formula is C11H13FO. The van der Waals surface area contributed by atoms with Crippen LogP contribution in [-0.4, -0.2) is 5.60 Å². The van der Waals surface area contributed by atoms with E-state index in [1.807, 2.05) is 26.0 Å². The second kappa shape index (κ2) is 2.72. The number of benzene rings is 1. The molecule has 2 heteroatoms. The molecule has 0 fully saturated rings. The Morgan fingerprint density at radius 3 is 2.92 bits per heavy atom. The first-order valence-electron chi connectivity index (χ1n) is 4.48. The van der Waals surface area contributed by atoms with E-state index in [0.717, 1.165) is 17.7 Å². The van der Waals surface area contributed by atoms with Crippen molar-refractivity contribution in [2.45, 2.75) is 32.5 Å². The molecule has 70 valence electrons. The zero-order valence-electron chi connectivity index (χ0n) is 7.93. The number of fused-ring (bicyclic) bond motifs is 1. The van der Waals surface area contributed by atoms with Gasteiger partial charge in [0.05, 0.1) is 0 Å². The molecule has 0 atom stereocenters. The normalized spacial score (nSPS) is 18.1. The summed E-state index contributed by atoms with van der Waals surface area (Å²) in [5.41, 5.74) is 1.62. The van der Waals surface area contributed by atoms with Crippen LogP contribution in [0.15, 0.2) is 18.2 Å². The molecule has 13 heavy (non-hydrogen) atoms. The Labute approximate surface area is 77.5 Å². The molecule has 0 spiro atoms. The van der Waals surface area contributed by atoms with Gasteiger partial charge in [-0.05, 0) is 19.4 Å². The van der Waals surface area contributed by atoms with E-state index in [1.54, 1.807) is 6.07 Å². The molecule has 0 unspecified atom stereocenters. The highest BCUT2D eigenvalue weighted by atomic mass is 19.1. The van der Waals surface area contributed by atoms with Gasteiger partial charge in [0.25, 0.3) is 0 Å². The molecule has 0 N–H and O–H groups in total. The fourth-order valence-electron chi connectivity index (χ4n) is 1.78. The molecule has 0 aliphatic carbocycles. The highest BCUT2D eigenvalue weighted by Gasteiger charge is 2.31. The third-order valence-electron chi connectivity index (χ3n) is 2.32. The van der Waals surface area contributed by atoms with Crippen molar-refractivity contribution in [2.24, 2.45) is 0 Å². The molecule has 1 aliphatic rings. The molecule has 1 nitrogen and oxygen atoms in total. The van der Waals surface area contributed by atoms with E-state index in [1.165, 1.54) is 0 Å². The minimum absolute atomic E-state index is 0.173. The predicted molar refractivity (Wildman–Crippen MR) is 49.7 cm³/mol. The van der Waals surface area contributed by atoms with Gasteiger partial charge in [-0.1, -0.05) is 18.2 Å². The monoisotopic (exact) mass is 180 g/mol. The minimum atomic E-state index is -0.445. The first-order chi connectivity index (χ1) is 6.12. The molecule has 2 rings (SSSR count). The number of hydrogen-bond donors (Lipinski definition) is 0. The molecule has 0 bridgehead atoms. The standard InChI is InChI=1S/C11H13FO/c1-11(2)6-8-4-3-5-9(7-12)10(8)13-11/h3-5H,6-7H2,1-2H3. The lowest BCUT2D eigenvalue weighted by atomic mass is 10.0. The lowest BCUT2D eigenvalue weighted by Crippen LogP contribution is -2.24. The number of ether oxygens (including phenoxy) is 1. The molecule has 0 saturated heterocycles. The Balaban J connectivity index is 2.45. The van der Waals surface area contributed by atoms with Crippen molar-refractivity contribution >= 4 is 0 Å². The lowest BCUT2D eigenvalue weighted by Gasteiger charge is -2.17. The summed E-state index contributed by atoms with van der Waals surface area (Å²) in [6.07, 6.45) is 0.871. The Hall–Kier alpha value is -1.05. The van der Waals surface area contributed by atoms with Crippen molar-refractivity contribution in [3.05, 3.63) is 29.3 Å². The maximum absolute atomic E-state index is 12.6. The van der Waals surface area contributed by atoms with Crippen LogP contribution in [0.2, 0.25) is 0 Å². The van der Waals surface area contributed by atoms with Crippen molar-refractivity contribution in [1.82, 2.24) is 0 Å². The minimum Gasteiger partial charge on any atom is -0.487 e. The van der Waals surface area contributed by atoms with Crippen LogP contribution >= 0.6 is 0 Å². The molecular weight excluding hydrogens is 167 g/mol. The van der Waals surface area contributed by atoms with Crippen molar-refractivity contribution in [3.63, 3.8) is 0 Å². The average Bonchev–Trinajstić information content (AvgIpc) is 2.37. The molecule has 1 heterocycles. The molecule has 1 aromatic carbocycles. The van der Waals surface area contributed by atoms with Crippen LogP contribution in [0.3, 0.4) is 0 Å². The second-order valence-electron chi connectivity index (χ2n) is 4.08. The number of rotatable bonds is 1. The molecule has 0 aromatic heterocycles. The highest BCUT2D eigenvalue weighted by Crippen LogP contribution is 2.37. The lowest BCUT2D eigenvalue weighted by molar-refractivity contribution is 0.136. The summed E-state index contributed by atoms with van der Waals surface area (Å²) in [7, 11) is 0. The largest absolute Gasteiger partial charge is 0.487 e. The molecule has 0 saturated carbocycles. The van der Waals surface area contributed by atoms with Gasteiger partial charge in [-0.2, -0.15) is 0 Å². The average molecular weight is 180 g/mol. The van der Waals surface area contributed by atoms with Crippen molar-refractivity contribution in [3.8, 4) is 5.75 Å². The first-order valence-corrected chi connectivity index (χ1v) is 4.48. The summed E-state index contributed by atoms with van der Waals surface area (Å²) in [6.45, 7) is 3.60. The number of halogens is 1. The summed E-state index contributed by atoms with van der Waals surface area (Å²) in [5.74, 6) is 0.759. The van der Waals surface area contributed by atoms with E-state index >= 15 is 0 Å². The van der Waals surface area contributed by atoms with Crippen LogP contribution in [0.1, 0.15) is 25.0 Å². The summed E-state index contributed by atoms with van der Waals surface area (Å²) in [4.78, 5) is 0.